The second-order valence-corrected chi connectivity index (χ2v) is 17.4. The molecule has 2 atom stereocenters. The van der Waals surface area contributed by atoms with Gasteiger partial charge in [-0.2, -0.15) is 0 Å². The molecule has 0 bridgehead atoms. The lowest BCUT2D eigenvalue weighted by Gasteiger charge is -2.41. The number of carboxylic acids is 1. The highest BCUT2D eigenvalue weighted by Crippen LogP contribution is 2.45. The van der Waals surface area contributed by atoms with Gasteiger partial charge in [-0.15, -0.1) is 4.36 Å². The molecule has 1 aliphatic heterocycles. The number of amides is 1. The van der Waals surface area contributed by atoms with Crippen LogP contribution in [0.5, 0.6) is 0 Å². The summed E-state index contributed by atoms with van der Waals surface area (Å²) in [6.07, 6.45) is 0.692. The third-order valence-corrected chi connectivity index (χ3v) is 10.2. The predicted octanol–water partition coefficient (Wildman–Crippen LogP) is 9.41. The number of anilines is 1. The Bertz CT molecular complexity index is 1680. The van der Waals surface area contributed by atoms with Gasteiger partial charge in [0.15, 0.2) is 6.10 Å². The van der Waals surface area contributed by atoms with Crippen LogP contribution in [0.15, 0.2) is 57.8 Å². The summed E-state index contributed by atoms with van der Waals surface area (Å²) in [5.41, 5.74) is 4.34. The maximum Gasteiger partial charge on any atom is 0.440 e. The number of hydrogen-bond acceptors (Lipinski definition) is 6. The molecule has 0 saturated carbocycles. The second-order valence-electron chi connectivity index (χ2n) is 15.6. The number of rotatable bonds is 9. The Morgan fingerprint density at radius 1 is 0.959 bits per heavy atom. The van der Waals surface area contributed by atoms with Crippen LogP contribution in [-0.4, -0.2) is 52.2 Å². The van der Waals surface area contributed by atoms with Gasteiger partial charge in [0, 0.05) is 46.3 Å². The lowest BCUT2D eigenvalue weighted by atomic mass is 9.82. The van der Waals surface area contributed by atoms with E-state index in [2.05, 4.69) is 23.1 Å². The molecule has 4 rings (SSSR count). The summed E-state index contributed by atoms with van der Waals surface area (Å²) in [7, 11) is -0.847. The van der Waals surface area contributed by atoms with Gasteiger partial charge < -0.3 is 19.5 Å². The highest BCUT2D eigenvalue weighted by atomic mass is 32.2. The van der Waals surface area contributed by atoms with E-state index in [-0.39, 0.29) is 11.2 Å². The van der Waals surface area contributed by atoms with E-state index in [4.69, 9.17) is 14.5 Å². The van der Waals surface area contributed by atoms with Crippen LogP contribution in [0.4, 0.5) is 14.9 Å². The number of ether oxygens (including phenoxy) is 2. The van der Waals surface area contributed by atoms with Gasteiger partial charge in [-0.25, -0.2) is 14.0 Å². The summed E-state index contributed by atoms with van der Waals surface area (Å²) in [6, 6.07) is 14.3. The Balaban J connectivity index is 1.83. The van der Waals surface area contributed by atoms with Crippen LogP contribution in [0.1, 0.15) is 96.9 Å². The molecule has 2 aromatic carbocycles. The topological polar surface area (TPSA) is 101 Å². The van der Waals surface area contributed by atoms with Crippen molar-refractivity contribution in [2.75, 3.05) is 23.7 Å². The summed E-state index contributed by atoms with van der Waals surface area (Å²) in [4.78, 5) is 33.8. The van der Waals surface area contributed by atoms with E-state index in [9.17, 15) is 19.1 Å². The highest BCUT2D eigenvalue weighted by molar-refractivity contribution is 7.87. The number of pyridine rings is 1. The maximum absolute atomic E-state index is 13.5. The van der Waals surface area contributed by atoms with E-state index >= 15 is 0 Å². The van der Waals surface area contributed by atoms with E-state index in [1.165, 1.54) is 12.1 Å². The number of nitrogens with zero attached hydrogens (tertiary/aromatic N) is 3. The summed E-state index contributed by atoms with van der Waals surface area (Å²) in [5, 5.41) is 10.5. The Morgan fingerprint density at radius 3 is 2.08 bits per heavy atom. The van der Waals surface area contributed by atoms with Crippen molar-refractivity contribution < 1.29 is 28.6 Å². The molecular formula is C39H52FN3O5S. The molecule has 1 saturated heterocycles. The number of carbonyl (C=O) groups excluding carboxylic acids is 1. The Hall–Kier alpha value is -3.63. The van der Waals surface area contributed by atoms with E-state index in [1.807, 2.05) is 58.9 Å². The van der Waals surface area contributed by atoms with Crippen molar-refractivity contribution in [2.45, 2.75) is 111 Å². The van der Waals surface area contributed by atoms with Crippen molar-refractivity contribution in [2.24, 2.45) is 9.78 Å². The van der Waals surface area contributed by atoms with E-state index in [0.29, 0.717) is 23.4 Å². The molecule has 1 amide bonds. The molecule has 1 unspecified atom stereocenters. The molecule has 10 heteroatoms. The molecule has 0 aliphatic carbocycles. The first-order chi connectivity index (χ1) is 22.7. The SMILES string of the molecule is Cc1nc(C)c([C@H](OC(C)(C)C)C(=O)O)c(N2CCC(C)(C)CC2)c1-c1ccc(/S(CCc2ccc(F)cc2)=N/C(=O)OC(C)(C)C)cc1. The zero-order valence-electron chi connectivity index (χ0n) is 30.6. The monoisotopic (exact) mass is 693 g/mol. The van der Waals surface area contributed by atoms with Crippen molar-refractivity contribution in [3.8, 4) is 11.1 Å². The zero-order chi connectivity index (χ0) is 36.3. The largest absolute Gasteiger partial charge is 0.479 e. The number of hydrogen-bond donors (Lipinski definition) is 1. The maximum atomic E-state index is 13.5. The second kappa shape index (κ2) is 15.1. The number of carbonyl (C=O) groups is 2. The molecule has 3 aromatic rings. The molecular weight excluding hydrogens is 642 g/mol. The quantitative estimate of drug-likeness (QED) is 0.238. The fraction of sp³-hybridized carbons (Fsp3) is 0.513. The van der Waals surface area contributed by atoms with Gasteiger partial charge in [0.25, 0.3) is 0 Å². The van der Waals surface area contributed by atoms with Crippen molar-refractivity contribution in [1.82, 2.24) is 4.98 Å². The van der Waals surface area contributed by atoms with Crippen LogP contribution in [0.25, 0.3) is 11.1 Å². The van der Waals surface area contributed by atoms with Crippen LogP contribution in [-0.2, 0) is 31.4 Å². The molecule has 1 aliphatic rings. The summed E-state index contributed by atoms with van der Waals surface area (Å²) < 4.78 is 29.8. The lowest BCUT2D eigenvalue weighted by Crippen LogP contribution is -2.39. The van der Waals surface area contributed by atoms with Crippen molar-refractivity contribution in [1.29, 1.82) is 0 Å². The average molecular weight is 694 g/mol. The van der Waals surface area contributed by atoms with E-state index in [1.54, 1.807) is 32.9 Å². The Labute approximate surface area is 293 Å². The van der Waals surface area contributed by atoms with Gasteiger partial charge in [0.2, 0.25) is 0 Å². The van der Waals surface area contributed by atoms with Crippen LogP contribution in [0, 0.1) is 25.1 Å². The smallest absolute Gasteiger partial charge is 0.440 e. The molecule has 266 valence electrons. The fourth-order valence-corrected chi connectivity index (χ4v) is 7.51. The summed E-state index contributed by atoms with van der Waals surface area (Å²) in [6.45, 7) is 20.9. The number of aromatic nitrogens is 1. The van der Waals surface area contributed by atoms with Crippen LogP contribution >= 0.6 is 0 Å². The van der Waals surface area contributed by atoms with Gasteiger partial charge in [-0.05, 0) is 115 Å². The third kappa shape index (κ3) is 10.4. The first-order valence-electron chi connectivity index (χ1n) is 16.9. The molecule has 2 heterocycles. The van der Waals surface area contributed by atoms with Crippen molar-refractivity contribution >= 4 is 28.4 Å². The third-order valence-electron chi connectivity index (χ3n) is 8.46. The zero-order valence-corrected chi connectivity index (χ0v) is 31.5. The minimum Gasteiger partial charge on any atom is -0.479 e. The minimum atomic E-state index is -1.21. The van der Waals surface area contributed by atoms with Crippen LogP contribution < -0.4 is 4.90 Å². The van der Waals surface area contributed by atoms with Crippen molar-refractivity contribution in [3.63, 3.8) is 0 Å². The number of piperidine rings is 1. The first-order valence-corrected chi connectivity index (χ1v) is 18.3. The Morgan fingerprint density at radius 2 is 1.55 bits per heavy atom. The van der Waals surface area contributed by atoms with Gasteiger partial charge in [-0.3, -0.25) is 4.98 Å². The minimum absolute atomic E-state index is 0.186. The van der Waals surface area contributed by atoms with Gasteiger partial charge in [0.1, 0.15) is 11.4 Å². The van der Waals surface area contributed by atoms with E-state index < -0.39 is 40.1 Å². The molecule has 8 nitrogen and oxygen atoms in total. The molecule has 1 aromatic heterocycles. The number of benzene rings is 2. The normalized spacial score (nSPS) is 16.3. The van der Waals surface area contributed by atoms with E-state index in [0.717, 1.165) is 58.9 Å². The van der Waals surface area contributed by atoms with Crippen LogP contribution in [0.3, 0.4) is 0 Å². The summed E-state index contributed by atoms with van der Waals surface area (Å²) in [5.74, 6) is -0.815. The summed E-state index contributed by atoms with van der Waals surface area (Å²) >= 11 is 0. The average Bonchev–Trinajstić information content (AvgIpc) is 2.97. The molecule has 0 radical (unpaired) electrons. The highest BCUT2D eigenvalue weighted by Gasteiger charge is 2.36. The van der Waals surface area contributed by atoms with Gasteiger partial charge >= 0.3 is 12.1 Å². The molecule has 0 spiro atoms. The number of aliphatic carboxylic acids is 1. The number of aryl methyl sites for hydroxylation is 3. The van der Waals surface area contributed by atoms with Gasteiger partial charge in [-0.1, -0.05) is 48.8 Å². The Kier molecular flexibility index (Phi) is 11.8. The number of carboxylic acid groups (broad SMARTS) is 1. The first kappa shape index (κ1) is 38.2. The molecule has 49 heavy (non-hydrogen) atoms. The number of halogens is 1. The predicted molar refractivity (Wildman–Crippen MR) is 195 cm³/mol. The van der Waals surface area contributed by atoms with Crippen molar-refractivity contribution in [3.05, 3.63) is 76.9 Å². The van der Waals surface area contributed by atoms with Gasteiger partial charge in [0.05, 0.1) is 11.3 Å². The fourth-order valence-electron chi connectivity index (χ4n) is 5.99. The molecule has 1 fully saturated rings. The van der Waals surface area contributed by atoms with Crippen LogP contribution in [0.2, 0.25) is 0 Å². The molecule has 1 N–H and O–H groups in total. The standard InChI is InChI=1S/C39H52FN3O5S/c1-25-31(33(43-22-20-39(9,10)21-23-43)32(26(2)41-25)34(35(44)45)47-37(3,4)5)28-13-17-30(18-14-28)49(42-36(46)48-38(6,7)8)24-19-27-11-15-29(40)16-12-27/h11-18,34H,19-24H2,1-10H3,(H,44,45)/t34-,49?/m0/s1. The lowest BCUT2D eigenvalue weighted by molar-refractivity contribution is -0.160.